The van der Waals surface area contributed by atoms with Crippen LogP contribution < -0.4 is 15.2 Å². The Hall–Kier alpha value is -1.17. The Morgan fingerprint density at radius 3 is 2.62 bits per heavy atom. The quantitative estimate of drug-likeness (QED) is 0.278. The van der Waals surface area contributed by atoms with Crippen LogP contribution in [0, 0.1) is 5.92 Å². The number of nitrogens with one attached hydrogen (secondary N) is 1. The smallest absolute Gasteiger partial charge is 0.241 e. The van der Waals surface area contributed by atoms with Gasteiger partial charge in [-0.05, 0) is 78.5 Å². The molecule has 1 fully saturated rings. The van der Waals surface area contributed by atoms with Gasteiger partial charge in [-0.2, -0.15) is 0 Å². The highest BCUT2D eigenvalue weighted by atomic mass is 79.9. The van der Waals surface area contributed by atoms with Crippen molar-refractivity contribution in [2.24, 2.45) is 5.92 Å². The van der Waals surface area contributed by atoms with E-state index in [1.54, 1.807) is 30.3 Å². The molecule has 1 aliphatic heterocycles. The van der Waals surface area contributed by atoms with Crippen molar-refractivity contribution in [3.63, 3.8) is 0 Å². The maximum absolute atomic E-state index is 12.7. The molecule has 0 atom stereocenters. The number of hydrogen-bond acceptors (Lipinski definition) is 6. The van der Waals surface area contributed by atoms with Crippen molar-refractivity contribution in [2.45, 2.75) is 30.6 Å². The van der Waals surface area contributed by atoms with Gasteiger partial charge in [0.25, 0.3) is 0 Å². The molecule has 0 bridgehead atoms. The number of Topliss-reactive ketones (excluding diaryl/α,β-unsaturated/α-hetero) is 1. The fraction of sp³-hybridized carbons (Fsp3) is 0.435. The number of methoxy groups -OCH3 is 1. The Morgan fingerprint density at radius 2 is 1.94 bits per heavy atom. The minimum atomic E-state index is -3.60. The van der Waals surface area contributed by atoms with Crippen molar-refractivity contribution in [3.8, 4) is 5.75 Å². The van der Waals surface area contributed by atoms with E-state index in [0.717, 1.165) is 32.4 Å². The van der Waals surface area contributed by atoms with Crippen LogP contribution in [0.4, 0.5) is 5.69 Å². The van der Waals surface area contributed by atoms with Crippen molar-refractivity contribution in [1.29, 1.82) is 0 Å². The summed E-state index contributed by atoms with van der Waals surface area (Å²) in [4.78, 5) is 15.2. The summed E-state index contributed by atoms with van der Waals surface area (Å²) in [7, 11) is -2.09. The number of hydrogen-bond donors (Lipinski definition) is 2. The summed E-state index contributed by atoms with van der Waals surface area (Å²) in [5.41, 5.74) is 6.64. The number of nitrogens with zero attached hydrogens (tertiary/aromatic N) is 1. The van der Waals surface area contributed by atoms with Crippen molar-refractivity contribution < 1.29 is 17.9 Å². The Morgan fingerprint density at radius 1 is 1.24 bits per heavy atom. The first-order chi connectivity index (χ1) is 16.1. The number of sulfonamides is 1. The van der Waals surface area contributed by atoms with Gasteiger partial charge in [0.2, 0.25) is 10.0 Å². The van der Waals surface area contributed by atoms with E-state index in [0.29, 0.717) is 56.4 Å². The third-order valence-corrected chi connectivity index (χ3v) is 9.28. The van der Waals surface area contributed by atoms with Crippen molar-refractivity contribution in [1.82, 2.24) is 9.62 Å². The minimum Gasteiger partial charge on any atom is -0.496 e. The molecule has 1 saturated heterocycles. The number of carbonyl (C=O) groups is 1. The van der Waals surface area contributed by atoms with Gasteiger partial charge in [-0.15, -0.1) is 0 Å². The first-order valence-electron chi connectivity index (χ1n) is 10.9. The van der Waals surface area contributed by atoms with Crippen LogP contribution in [0.3, 0.4) is 0 Å². The van der Waals surface area contributed by atoms with Crippen LogP contribution in [-0.2, 0) is 10.0 Å². The first kappa shape index (κ1) is 27.4. The minimum absolute atomic E-state index is 0.00528. The van der Waals surface area contributed by atoms with Gasteiger partial charge in [0.1, 0.15) is 5.75 Å². The highest BCUT2D eigenvalue weighted by Gasteiger charge is 2.23. The maximum atomic E-state index is 12.7. The summed E-state index contributed by atoms with van der Waals surface area (Å²) in [6.07, 6.45) is 3.15. The van der Waals surface area contributed by atoms with E-state index in [2.05, 4.69) is 41.5 Å². The molecule has 2 aromatic carbocycles. The van der Waals surface area contributed by atoms with Crippen LogP contribution in [0.25, 0.3) is 0 Å². The van der Waals surface area contributed by atoms with Gasteiger partial charge in [-0.3, -0.25) is 4.79 Å². The lowest BCUT2D eigenvalue weighted by Crippen LogP contribution is -2.39. The largest absolute Gasteiger partial charge is 0.496 e. The molecule has 2 aromatic rings. The number of piperidine rings is 1. The lowest BCUT2D eigenvalue weighted by atomic mass is 9.90. The molecule has 0 aliphatic carbocycles. The van der Waals surface area contributed by atoms with Gasteiger partial charge < -0.3 is 15.4 Å². The standard InChI is InChI=1S/C23H28Br2ClN3O4S/c1-33-22-14-20(27)19(26)13-17(22)21(30)5-2-15-6-9-29(10-7-15)11-8-28-34(31,32)23-12-16(24)3-4-18(23)25/h3-4,12-15,28H,2,5-11,27H2,1H3. The molecule has 186 valence electrons. The average molecular weight is 638 g/mol. The molecular weight excluding hydrogens is 610 g/mol. The summed E-state index contributed by atoms with van der Waals surface area (Å²) in [6.45, 7) is 2.72. The zero-order valence-electron chi connectivity index (χ0n) is 18.8. The Balaban J connectivity index is 1.43. The number of nitrogen functional groups attached to an aromatic ring is 1. The summed E-state index contributed by atoms with van der Waals surface area (Å²) >= 11 is 12.7. The average Bonchev–Trinajstić information content (AvgIpc) is 2.81. The number of ether oxygens (including phenoxy) is 1. The van der Waals surface area contributed by atoms with E-state index in [4.69, 9.17) is 22.1 Å². The van der Waals surface area contributed by atoms with E-state index in [1.165, 1.54) is 7.11 Å². The summed E-state index contributed by atoms with van der Waals surface area (Å²) in [5.74, 6) is 0.887. The molecule has 0 saturated carbocycles. The third kappa shape index (κ3) is 7.18. The number of benzene rings is 2. The van der Waals surface area contributed by atoms with Gasteiger partial charge >= 0.3 is 0 Å². The molecule has 0 unspecified atom stereocenters. The molecule has 0 amide bonds. The van der Waals surface area contributed by atoms with E-state index in [9.17, 15) is 13.2 Å². The highest BCUT2D eigenvalue weighted by Crippen LogP contribution is 2.31. The van der Waals surface area contributed by atoms with Crippen LogP contribution >= 0.6 is 43.5 Å². The monoisotopic (exact) mass is 635 g/mol. The highest BCUT2D eigenvalue weighted by molar-refractivity contribution is 9.11. The second kappa shape index (κ2) is 12.2. The van der Waals surface area contributed by atoms with Gasteiger partial charge in [0, 0.05) is 34.5 Å². The summed E-state index contributed by atoms with van der Waals surface area (Å²) in [5, 5.41) is 0.348. The van der Waals surface area contributed by atoms with E-state index < -0.39 is 10.0 Å². The Bertz CT molecular complexity index is 1140. The molecule has 11 heteroatoms. The van der Waals surface area contributed by atoms with E-state index in [1.807, 2.05) is 0 Å². The molecule has 0 aromatic heterocycles. The Kier molecular flexibility index (Phi) is 9.83. The number of halogens is 3. The van der Waals surface area contributed by atoms with Gasteiger partial charge in [-0.1, -0.05) is 27.5 Å². The third-order valence-electron chi connectivity index (χ3n) is 6.01. The Labute approximate surface area is 222 Å². The molecule has 7 nitrogen and oxygen atoms in total. The molecule has 1 heterocycles. The fourth-order valence-corrected chi connectivity index (χ4v) is 6.71. The molecule has 3 N–H and O–H groups in total. The van der Waals surface area contributed by atoms with Crippen LogP contribution in [0.2, 0.25) is 5.02 Å². The lowest BCUT2D eigenvalue weighted by molar-refractivity contribution is 0.0960. The van der Waals surface area contributed by atoms with Crippen molar-refractivity contribution in [3.05, 3.63) is 49.9 Å². The van der Waals surface area contributed by atoms with Crippen LogP contribution in [0.1, 0.15) is 36.0 Å². The summed E-state index contributed by atoms with van der Waals surface area (Å²) < 4.78 is 34.4. The predicted octanol–water partition coefficient (Wildman–Crippen LogP) is 5.11. The van der Waals surface area contributed by atoms with Crippen LogP contribution in [-0.4, -0.2) is 52.4 Å². The molecular formula is C23H28Br2ClN3O4S. The molecule has 0 spiro atoms. The van der Waals surface area contributed by atoms with E-state index >= 15 is 0 Å². The number of carbonyl (C=O) groups excluding carboxylic acids is 1. The maximum Gasteiger partial charge on any atom is 0.241 e. The normalized spacial score (nSPS) is 15.4. The zero-order valence-corrected chi connectivity index (χ0v) is 23.6. The van der Waals surface area contributed by atoms with E-state index in [-0.39, 0.29) is 10.7 Å². The van der Waals surface area contributed by atoms with Crippen molar-refractivity contribution >= 4 is 65.0 Å². The second-order valence-electron chi connectivity index (χ2n) is 8.29. The number of likely N-dealkylation sites (tertiary alicyclic amines) is 1. The van der Waals surface area contributed by atoms with Crippen molar-refractivity contribution in [2.75, 3.05) is 39.0 Å². The topological polar surface area (TPSA) is 102 Å². The number of rotatable bonds is 10. The molecule has 1 aliphatic rings. The fourth-order valence-electron chi connectivity index (χ4n) is 4.02. The first-order valence-corrected chi connectivity index (χ1v) is 14.4. The van der Waals surface area contributed by atoms with Gasteiger partial charge in [0.15, 0.2) is 5.78 Å². The molecule has 34 heavy (non-hydrogen) atoms. The second-order valence-corrected chi connectivity index (χ2v) is 12.2. The molecule has 3 rings (SSSR count). The number of ketones is 1. The lowest BCUT2D eigenvalue weighted by Gasteiger charge is -2.31. The van der Waals surface area contributed by atoms with Gasteiger partial charge in [0.05, 0.1) is 28.3 Å². The van der Waals surface area contributed by atoms with Crippen LogP contribution in [0.5, 0.6) is 5.75 Å². The predicted molar refractivity (Wildman–Crippen MR) is 142 cm³/mol. The number of anilines is 1. The SMILES string of the molecule is COc1cc(N)c(Cl)cc1C(=O)CCC1CCN(CCNS(=O)(=O)c2cc(Br)ccc2Br)CC1. The van der Waals surface area contributed by atoms with Gasteiger partial charge in [-0.25, -0.2) is 13.1 Å². The van der Waals surface area contributed by atoms with Crippen LogP contribution in [0.15, 0.2) is 44.2 Å². The molecule has 0 radical (unpaired) electrons. The zero-order chi connectivity index (χ0) is 24.9. The number of nitrogens with two attached hydrogens (primary N) is 1. The summed E-state index contributed by atoms with van der Waals surface area (Å²) in [6, 6.07) is 8.22.